The van der Waals surface area contributed by atoms with Gasteiger partial charge in [-0.05, 0) is 65.6 Å². The van der Waals surface area contributed by atoms with Crippen molar-refractivity contribution >= 4 is 17.8 Å². The van der Waals surface area contributed by atoms with Crippen LogP contribution in [0, 0.1) is 5.92 Å². The Morgan fingerprint density at radius 2 is 1.35 bits per heavy atom. The van der Waals surface area contributed by atoms with Crippen LogP contribution in [0.4, 0.5) is 0 Å². The highest BCUT2D eigenvalue weighted by molar-refractivity contribution is 5.98. The second-order valence-electron chi connectivity index (χ2n) is 13.8. The normalized spacial score (nSPS) is 12.4. The maximum absolute atomic E-state index is 13.5. The first-order valence-electron chi connectivity index (χ1n) is 18.1. The number of ether oxygens (including phenoxy) is 1. The molecule has 51 heavy (non-hydrogen) atoms. The molecule has 2 atom stereocenters. The number of carbonyl (C=O) groups is 3. The van der Waals surface area contributed by atoms with Crippen LogP contribution in [0.5, 0.6) is 5.75 Å². The smallest absolute Gasteiger partial charge is 0.326 e. The third-order valence-electron chi connectivity index (χ3n) is 8.79. The summed E-state index contributed by atoms with van der Waals surface area (Å²) in [6.07, 6.45) is 10.0. The summed E-state index contributed by atoms with van der Waals surface area (Å²) in [5.74, 6) is -0.309. The van der Waals surface area contributed by atoms with Crippen LogP contribution in [0.3, 0.4) is 0 Å². The van der Waals surface area contributed by atoms with Gasteiger partial charge < -0.3 is 20.5 Å². The molecule has 0 radical (unpaired) electrons. The molecular formula is C42H52N4O5. The molecule has 0 aliphatic rings. The zero-order valence-electron chi connectivity index (χ0n) is 30.5. The molecule has 3 N–H and O–H groups in total. The lowest BCUT2D eigenvalue weighted by Crippen LogP contribution is -2.52. The number of nitrogens with zero attached hydrogens (tertiary/aromatic N) is 2. The van der Waals surface area contributed by atoms with Crippen molar-refractivity contribution in [2.75, 3.05) is 6.61 Å². The number of hydrogen-bond acceptors (Lipinski definition) is 6. The van der Waals surface area contributed by atoms with Gasteiger partial charge in [-0.25, -0.2) is 14.8 Å². The van der Waals surface area contributed by atoms with E-state index in [1.165, 1.54) is 25.7 Å². The quantitative estimate of drug-likeness (QED) is 0.0844. The highest BCUT2D eigenvalue weighted by Gasteiger charge is 2.28. The summed E-state index contributed by atoms with van der Waals surface area (Å²) >= 11 is 0. The monoisotopic (exact) mass is 692 g/mol. The molecule has 270 valence electrons. The zero-order chi connectivity index (χ0) is 36.8. The second-order valence-corrected chi connectivity index (χ2v) is 13.8. The van der Waals surface area contributed by atoms with Gasteiger partial charge in [-0.3, -0.25) is 9.59 Å². The topological polar surface area (TPSA) is 131 Å². The van der Waals surface area contributed by atoms with E-state index in [-0.39, 0.29) is 18.8 Å². The molecule has 0 bridgehead atoms. The second kappa shape index (κ2) is 19.4. The van der Waals surface area contributed by atoms with Gasteiger partial charge in [0.2, 0.25) is 5.91 Å². The Bertz CT molecular complexity index is 1690. The van der Waals surface area contributed by atoms with Gasteiger partial charge in [0.15, 0.2) is 5.82 Å². The summed E-state index contributed by atoms with van der Waals surface area (Å²) in [7, 11) is 0. The molecule has 0 saturated carbocycles. The van der Waals surface area contributed by atoms with Crippen molar-refractivity contribution in [2.45, 2.75) is 97.6 Å². The maximum atomic E-state index is 13.5. The minimum atomic E-state index is -1.11. The third-order valence-corrected chi connectivity index (χ3v) is 8.79. The number of amides is 2. The van der Waals surface area contributed by atoms with Gasteiger partial charge in [-0.1, -0.05) is 109 Å². The molecule has 4 rings (SSSR count). The van der Waals surface area contributed by atoms with Gasteiger partial charge in [0.05, 0.1) is 6.61 Å². The number of rotatable bonds is 19. The third kappa shape index (κ3) is 12.1. The van der Waals surface area contributed by atoms with Gasteiger partial charge in [0, 0.05) is 35.5 Å². The molecule has 9 nitrogen and oxygen atoms in total. The Morgan fingerprint density at radius 3 is 1.94 bits per heavy atom. The number of aliphatic carboxylic acids is 1. The summed E-state index contributed by atoms with van der Waals surface area (Å²) in [6.45, 7) is 10.9. The van der Waals surface area contributed by atoms with Crippen LogP contribution in [-0.4, -0.2) is 51.5 Å². The van der Waals surface area contributed by atoms with Crippen LogP contribution < -0.4 is 15.4 Å². The van der Waals surface area contributed by atoms with Crippen molar-refractivity contribution < 1.29 is 24.2 Å². The lowest BCUT2D eigenvalue weighted by atomic mass is 10.00. The molecule has 0 spiro atoms. The van der Waals surface area contributed by atoms with Crippen molar-refractivity contribution in [1.29, 1.82) is 0 Å². The Hall–Kier alpha value is -5.05. The van der Waals surface area contributed by atoms with Crippen molar-refractivity contribution in [1.82, 2.24) is 20.6 Å². The van der Waals surface area contributed by atoms with Gasteiger partial charge in [0.1, 0.15) is 17.8 Å². The van der Waals surface area contributed by atoms with Crippen LogP contribution in [0.25, 0.3) is 22.5 Å². The van der Waals surface area contributed by atoms with Gasteiger partial charge in [0.25, 0.3) is 5.91 Å². The Balaban J connectivity index is 1.42. The first-order chi connectivity index (χ1) is 24.5. The molecule has 2 amide bonds. The molecule has 4 aromatic rings. The van der Waals surface area contributed by atoms with Crippen LogP contribution in [0.15, 0.2) is 85.2 Å². The van der Waals surface area contributed by atoms with E-state index in [0.717, 1.165) is 46.6 Å². The Morgan fingerprint density at radius 1 is 0.725 bits per heavy atom. The molecule has 1 aromatic heterocycles. The van der Waals surface area contributed by atoms with E-state index < -0.39 is 29.9 Å². The fraction of sp³-hybridized carbons (Fsp3) is 0.405. The average molecular weight is 693 g/mol. The van der Waals surface area contributed by atoms with Crippen molar-refractivity contribution in [2.24, 2.45) is 5.92 Å². The highest BCUT2D eigenvalue weighted by Crippen LogP contribution is 2.24. The number of carbonyl (C=O) groups excluding carboxylic acids is 2. The molecule has 3 aromatic carbocycles. The lowest BCUT2D eigenvalue weighted by molar-refractivity contribution is -0.142. The summed E-state index contributed by atoms with van der Waals surface area (Å²) < 4.78 is 5.89. The van der Waals surface area contributed by atoms with Gasteiger partial charge in [-0.2, -0.15) is 0 Å². The SMILES string of the molecule is CCCCCCCOc1ccc(-c2cnc(-c3ccc(C[C@H](NC(=O)c4ccc(C(C)C)cc4)C(=O)N[C@@H](CC(C)C)C(=O)O)cc3)nc2)cc1. The summed E-state index contributed by atoms with van der Waals surface area (Å²) in [6, 6.07) is 20.6. The van der Waals surface area contributed by atoms with E-state index in [2.05, 4.69) is 41.4 Å². The predicted molar refractivity (Wildman–Crippen MR) is 202 cm³/mol. The van der Waals surface area contributed by atoms with Crippen molar-refractivity contribution in [3.05, 3.63) is 102 Å². The van der Waals surface area contributed by atoms with Gasteiger partial charge >= 0.3 is 5.97 Å². The minimum Gasteiger partial charge on any atom is -0.494 e. The molecular weight excluding hydrogens is 640 g/mol. The molecule has 0 saturated heterocycles. The number of benzene rings is 3. The largest absolute Gasteiger partial charge is 0.494 e. The lowest BCUT2D eigenvalue weighted by Gasteiger charge is -2.23. The number of carboxylic acids is 1. The molecule has 9 heteroatoms. The number of aromatic nitrogens is 2. The molecule has 0 aliphatic heterocycles. The standard InChI is InChI=1S/C42H52N4O5/c1-6-7-8-9-10-23-51-36-21-19-32(20-22-36)35-26-43-39(44-27-35)33-13-11-30(12-14-33)25-37(41(48)46-38(42(49)50)24-28(2)3)45-40(47)34-17-15-31(16-18-34)29(4)5/h11-22,26-29,37-38H,6-10,23-25H2,1-5H3,(H,45,47)(H,46,48)(H,49,50)/t37-,38-/m0/s1. The average Bonchev–Trinajstić information content (AvgIpc) is 3.13. The Labute approximate surface area is 302 Å². The number of unbranched alkanes of at least 4 members (excludes halogenated alkanes) is 4. The van der Waals surface area contributed by atoms with Crippen LogP contribution in [-0.2, 0) is 16.0 Å². The molecule has 0 fully saturated rings. The van der Waals surface area contributed by atoms with Crippen molar-refractivity contribution in [3.8, 4) is 28.3 Å². The fourth-order valence-electron chi connectivity index (χ4n) is 5.73. The Kier molecular flexibility index (Phi) is 14.7. The molecule has 0 unspecified atom stereocenters. The summed E-state index contributed by atoms with van der Waals surface area (Å²) in [5.41, 5.74) is 4.98. The van der Waals surface area contributed by atoms with Crippen LogP contribution in [0.1, 0.15) is 101 Å². The van der Waals surface area contributed by atoms with E-state index in [4.69, 9.17) is 4.74 Å². The summed E-state index contributed by atoms with van der Waals surface area (Å²) in [5, 5.41) is 15.2. The highest BCUT2D eigenvalue weighted by atomic mass is 16.5. The van der Waals surface area contributed by atoms with Crippen LogP contribution >= 0.6 is 0 Å². The van der Waals surface area contributed by atoms with Gasteiger partial charge in [-0.15, -0.1) is 0 Å². The van der Waals surface area contributed by atoms with Crippen LogP contribution in [0.2, 0.25) is 0 Å². The fourth-order valence-corrected chi connectivity index (χ4v) is 5.73. The van der Waals surface area contributed by atoms with E-state index in [1.54, 1.807) is 24.5 Å². The van der Waals surface area contributed by atoms with E-state index >= 15 is 0 Å². The summed E-state index contributed by atoms with van der Waals surface area (Å²) in [4.78, 5) is 47.9. The molecule has 1 heterocycles. The number of nitrogens with one attached hydrogen (secondary N) is 2. The minimum absolute atomic E-state index is 0.0533. The van der Waals surface area contributed by atoms with E-state index in [9.17, 15) is 19.5 Å². The number of hydrogen-bond donors (Lipinski definition) is 3. The van der Waals surface area contributed by atoms with E-state index in [1.807, 2.05) is 74.5 Å². The predicted octanol–water partition coefficient (Wildman–Crippen LogP) is 8.24. The van der Waals surface area contributed by atoms with E-state index in [0.29, 0.717) is 17.3 Å². The maximum Gasteiger partial charge on any atom is 0.326 e. The van der Waals surface area contributed by atoms with Crippen molar-refractivity contribution in [3.63, 3.8) is 0 Å². The number of carboxylic acid groups (broad SMARTS) is 1. The first kappa shape index (κ1) is 38.7. The zero-order valence-corrected chi connectivity index (χ0v) is 30.5. The molecule has 0 aliphatic carbocycles. The first-order valence-corrected chi connectivity index (χ1v) is 18.1.